The minimum absolute atomic E-state index is 0.237. The van der Waals surface area contributed by atoms with E-state index < -0.39 is 12.0 Å². The molecule has 0 radical (unpaired) electrons. The van der Waals surface area contributed by atoms with E-state index in [1.807, 2.05) is 0 Å². The van der Waals surface area contributed by atoms with E-state index in [0.717, 1.165) is 0 Å². The molecule has 2 amide bonds. The second-order valence-corrected chi connectivity index (χ2v) is 3.25. The first-order valence-corrected chi connectivity index (χ1v) is 4.60. The topological polar surface area (TPSA) is 78.8 Å². The highest BCUT2D eigenvalue weighted by molar-refractivity contribution is 7.13. The maximum absolute atomic E-state index is 10.9. The van der Waals surface area contributed by atoms with Gasteiger partial charge in [0.2, 0.25) is 0 Å². The summed E-state index contributed by atoms with van der Waals surface area (Å²) in [6, 6.07) is 2.62. The van der Waals surface area contributed by atoms with Crippen LogP contribution in [-0.2, 0) is 4.79 Å². The molecule has 0 aliphatic heterocycles. The van der Waals surface area contributed by atoms with Crippen molar-refractivity contribution in [2.75, 3.05) is 7.05 Å². The van der Waals surface area contributed by atoms with E-state index in [4.69, 9.17) is 5.11 Å². The van der Waals surface area contributed by atoms with Crippen molar-refractivity contribution in [2.45, 2.75) is 0 Å². The molecule has 0 saturated carbocycles. The molecule has 0 saturated heterocycles. The van der Waals surface area contributed by atoms with Crippen LogP contribution in [-0.4, -0.2) is 29.9 Å². The number of aliphatic carboxylic acids is 1. The van der Waals surface area contributed by atoms with E-state index in [1.54, 1.807) is 17.5 Å². The number of carboxylic acid groups (broad SMARTS) is 1. The van der Waals surface area contributed by atoms with Gasteiger partial charge in [0.15, 0.2) is 5.71 Å². The lowest BCUT2D eigenvalue weighted by atomic mass is 10.3. The smallest absolute Gasteiger partial charge is 0.356 e. The molecule has 6 heteroatoms. The number of carboxylic acids is 1. The molecular formula is C8H8N2O3S. The zero-order chi connectivity index (χ0) is 10.6. The Morgan fingerprint density at radius 1 is 1.57 bits per heavy atom. The SMILES string of the molecule is CNC(=O)N=C(C(=O)O)c1cccs1. The summed E-state index contributed by atoms with van der Waals surface area (Å²) in [4.78, 5) is 25.5. The van der Waals surface area contributed by atoms with E-state index in [1.165, 1.54) is 18.4 Å². The average molecular weight is 212 g/mol. The Morgan fingerprint density at radius 2 is 2.29 bits per heavy atom. The fourth-order valence-electron chi connectivity index (χ4n) is 0.779. The molecule has 0 fully saturated rings. The molecule has 14 heavy (non-hydrogen) atoms. The van der Waals surface area contributed by atoms with Crippen molar-refractivity contribution < 1.29 is 14.7 Å². The Bertz CT molecular complexity index is 370. The summed E-state index contributed by atoms with van der Waals surface area (Å²) in [5, 5.41) is 12.7. The maximum Gasteiger partial charge on any atom is 0.356 e. The number of rotatable bonds is 2. The first kappa shape index (κ1) is 10.4. The van der Waals surface area contributed by atoms with Gasteiger partial charge in [-0.15, -0.1) is 11.3 Å². The normalized spacial score (nSPS) is 11.1. The predicted octanol–water partition coefficient (Wildman–Crippen LogP) is 0.961. The number of nitrogens with one attached hydrogen (secondary N) is 1. The van der Waals surface area contributed by atoms with Gasteiger partial charge in [-0.3, -0.25) is 0 Å². The zero-order valence-electron chi connectivity index (χ0n) is 7.35. The van der Waals surface area contributed by atoms with Gasteiger partial charge in [0.05, 0.1) is 4.88 Å². The number of urea groups is 1. The Kier molecular flexibility index (Phi) is 3.35. The summed E-state index contributed by atoms with van der Waals surface area (Å²) < 4.78 is 0. The number of hydrogen-bond acceptors (Lipinski definition) is 3. The third kappa shape index (κ3) is 2.40. The van der Waals surface area contributed by atoms with Crippen LogP contribution in [0.3, 0.4) is 0 Å². The molecule has 74 valence electrons. The van der Waals surface area contributed by atoms with Gasteiger partial charge in [-0.1, -0.05) is 6.07 Å². The zero-order valence-corrected chi connectivity index (χ0v) is 8.17. The quantitative estimate of drug-likeness (QED) is 0.717. The van der Waals surface area contributed by atoms with Crippen LogP contribution in [0.5, 0.6) is 0 Å². The second kappa shape index (κ2) is 4.52. The molecule has 2 N–H and O–H groups in total. The van der Waals surface area contributed by atoms with E-state index in [-0.39, 0.29) is 5.71 Å². The van der Waals surface area contributed by atoms with Gasteiger partial charge in [0, 0.05) is 7.05 Å². The lowest BCUT2D eigenvalue weighted by Gasteiger charge is -1.96. The molecule has 1 heterocycles. The molecule has 0 atom stereocenters. The highest BCUT2D eigenvalue weighted by Gasteiger charge is 2.14. The van der Waals surface area contributed by atoms with Gasteiger partial charge in [-0.05, 0) is 11.4 Å². The number of carbonyl (C=O) groups excluding carboxylic acids is 1. The van der Waals surface area contributed by atoms with Gasteiger partial charge in [0.25, 0.3) is 0 Å². The third-order valence-corrected chi connectivity index (χ3v) is 2.26. The summed E-state index contributed by atoms with van der Waals surface area (Å²) in [7, 11) is 1.39. The van der Waals surface area contributed by atoms with Crippen LogP contribution in [0.25, 0.3) is 0 Å². The molecule has 1 aromatic heterocycles. The molecule has 0 aliphatic rings. The minimum Gasteiger partial charge on any atom is -0.476 e. The van der Waals surface area contributed by atoms with Gasteiger partial charge in [-0.2, -0.15) is 4.99 Å². The maximum atomic E-state index is 10.9. The van der Waals surface area contributed by atoms with Crippen LogP contribution in [0.15, 0.2) is 22.5 Å². The Labute approximate surface area is 84.1 Å². The van der Waals surface area contributed by atoms with Gasteiger partial charge in [0.1, 0.15) is 0 Å². The molecular weight excluding hydrogens is 204 g/mol. The second-order valence-electron chi connectivity index (χ2n) is 2.30. The molecule has 0 aliphatic carbocycles. The average Bonchev–Trinajstić information content (AvgIpc) is 2.65. The summed E-state index contributed by atoms with van der Waals surface area (Å²) in [6.07, 6.45) is 0. The molecule has 0 unspecified atom stereocenters. The summed E-state index contributed by atoms with van der Waals surface area (Å²) >= 11 is 1.22. The van der Waals surface area contributed by atoms with Crippen molar-refractivity contribution in [3.05, 3.63) is 22.4 Å². The Balaban J connectivity index is 3.03. The highest BCUT2D eigenvalue weighted by atomic mass is 32.1. The largest absolute Gasteiger partial charge is 0.476 e. The van der Waals surface area contributed by atoms with Gasteiger partial charge in [-0.25, -0.2) is 9.59 Å². The third-order valence-electron chi connectivity index (χ3n) is 1.38. The minimum atomic E-state index is -1.21. The molecule has 0 bridgehead atoms. The summed E-state index contributed by atoms with van der Waals surface area (Å²) in [6.45, 7) is 0. The standard InChI is InChI=1S/C8H8N2O3S/c1-9-8(13)10-6(7(11)12)5-3-2-4-14-5/h2-4H,1H3,(H,9,13)(H,11,12). The fourth-order valence-corrected chi connectivity index (χ4v) is 1.48. The Morgan fingerprint density at radius 3 is 2.71 bits per heavy atom. The number of nitrogens with zero attached hydrogens (tertiary/aromatic N) is 1. The van der Waals surface area contributed by atoms with Crippen LogP contribution in [0, 0.1) is 0 Å². The van der Waals surface area contributed by atoms with Crippen LogP contribution >= 0.6 is 11.3 Å². The van der Waals surface area contributed by atoms with E-state index in [2.05, 4.69) is 10.3 Å². The first-order valence-electron chi connectivity index (χ1n) is 3.72. The number of hydrogen-bond donors (Lipinski definition) is 2. The van der Waals surface area contributed by atoms with Gasteiger partial charge < -0.3 is 10.4 Å². The van der Waals surface area contributed by atoms with E-state index in [0.29, 0.717) is 4.88 Å². The van der Waals surface area contributed by atoms with Crippen molar-refractivity contribution in [3.63, 3.8) is 0 Å². The number of carbonyl (C=O) groups is 2. The lowest BCUT2D eigenvalue weighted by Crippen LogP contribution is -2.20. The predicted molar refractivity (Wildman–Crippen MR) is 52.9 cm³/mol. The monoisotopic (exact) mass is 212 g/mol. The highest BCUT2D eigenvalue weighted by Crippen LogP contribution is 2.10. The van der Waals surface area contributed by atoms with Crippen molar-refractivity contribution in [2.24, 2.45) is 4.99 Å². The summed E-state index contributed by atoms with van der Waals surface area (Å²) in [5.74, 6) is -1.21. The van der Waals surface area contributed by atoms with Crippen molar-refractivity contribution in [3.8, 4) is 0 Å². The number of aliphatic imine (C=N–C) groups is 1. The van der Waals surface area contributed by atoms with E-state index in [9.17, 15) is 9.59 Å². The Hall–Kier alpha value is -1.69. The van der Waals surface area contributed by atoms with Gasteiger partial charge >= 0.3 is 12.0 Å². The fraction of sp³-hybridized carbons (Fsp3) is 0.125. The lowest BCUT2D eigenvalue weighted by molar-refractivity contribution is -0.129. The molecule has 1 rings (SSSR count). The summed E-state index contributed by atoms with van der Waals surface area (Å²) in [5.41, 5.74) is -0.237. The van der Waals surface area contributed by atoms with Crippen molar-refractivity contribution in [1.82, 2.24) is 5.32 Å². The molecule has 0 spiro atoms. The molecule has 1 aromatic rings. The molecule has 5 nitrogen and oxygen atoms in total. The number of amides is 2. The van der Waals surface area contributed by atoms with Crippen LogP contribution < -0.4 is 5.32 Å². The van der Waals surface area contributed by atoms with Crippen molar-refractivity contribution in [1.29, 1.82) is 0 Å². The first-order chi connectivity index (χ1) is 6.65. The van der Waals surface area contributed by atoms with Crippen LogP contribution in [0.2, 0.25) is 0 Å². The number of thiophene rings is 1. The van der Waals surface area contributed by atoms with E-state index >= 15 is 0 Å². The van der Waals surface area contributed by atoms with Crippen LogP contribution in [0.1, 0.15) is 4.88 Å². The molecule has 0 aromatic carbocycles. The van der Waals surface area contributed by atoms with Crippen LogP contribution in [0.4, 0.5) is 4.79 Å². The van der Waals surface area contributed by atoms with Crippen molar-refractivity contribution >= 4 is 29.0 Å².